The highest BCUT2D eigenvalue weighted by atomic mass is 79.9. The second-order valence-electron chi connectivity index (χ2n) is 3.84. The molecule has 2 rings (SSSR count). The Kier molecular flexibility index (Phi) is 4.61. The predicted molar refractivity (Wildman–Crippen MR) is 79.5 cm³/mol. The lowest BCUT2D eigenvalue weighted by Gasteiger charge is -2.15. The van der Waals surface area contributed by atoms with E-state index in [0.29, 0.717) is 5.02 Å². The van der Waals surface area contributed by atoms with E-state index in [1.807, 2.05) is 24.4 Å². The Balaban J connectivity index is 2.17. The topological polar surface area (TPSA) is 45.1 Å². The Morgan fingerprint density at radius 2 is 2.33 bits per heavy atom. The van der Waals surface area contributed by atoms with E-state index >= 15 is 0 Å². The number of nitrogens with zero attached hydrogens (tertiary/aromatic N) is 1. The molecule has 1 heterocycles. The summed E-state index contributed by atoms with van der Waals surface area (Å²) in [6.45, 7) is 1.93. The van der Waals surface area contributed by atoms with E-state index in [1.165, 1.54) is 11.3 Å². The molecule has 3 nitrogen and oxygen atoms in total. The van der Waals surface area contributed by atoms with Crippen LogP contribution in [0.5, 0.6) is 0 Å². The van der Waals surface area contributed by atoms with Crippen molar-refractivity contribution >= 4 is 44.6 Å². The SMILES string of the molecule is Cc1csc(C(CO)Nc2ccc(Cl)c(Br)c2)n1. The molecule has 1 unspecified atom stereocenters. The number of anilines is 1. The molecule has 1 atom stereocenters. The quantitative estimate of drug-likeness (QED) is 0.878. The van der Waals surface area contributed by atoms with E-state index in [9.17, 15) is 5.11 Å². The van der Waals surface area contributed by atoms with Crippen LogP contribution < -0.4 is 5.32 Å². The van der Waals surface area contributed by atoms with Gasteiger partial charge in [-0.3, -0.25) is 0 Å². The van der Waals surface area contributed by atoms with E-state index in [4.69, 9.17) is 11.6 Å². The number of thiazole rings is 1. The number of nitrogens with one attached hydrogen (secondary N) is 1. The molecule has 0 saturated carbocycles. The number of aryl methyl sites for hydroxylation is 1. The molecule has 0 aliphatic heterocycles. The molecule has 0 radical (unpaired) electrons. The molecule has 0 aliphatic carbocycles. The Morgan fingerprint density at radius 3 is 2.89 bits per heavy atom. The molecule has 0 spiro atoms. The molecule has 1 aromatic heterocycles. The summed E-state index contributed by atoms with van der Waals surface area (Å²) in [6.07, 6.45) is 0. The normalized spacial score (nSPS) is 12.4. The van der Waals surface area contributed by atoms with Crippen molar-refractivity contribution in [3.63, 3.8) is 0 Å². The van der Waals surface area contributed by atoms with Crippen LogP contribution in [-0.4, -0.2) is 16.7 Å². The van der Waals surface area contributed by atoms with E-state index in [0.717, 1.165) is 20.9 Å². The minimum absolute atomic E-state index is 0.00675. The number of aromatic nitrogens is 1. The van der Waals surface area contributed by atoms with Crippen LogP contribution in [0, 0.1) is 6.92 Å². The number of hydrogen-bond donors (Lipinski definition) is 2. The fourth-order valence-electron chi connectivity index (χ4n) is 1.50. The van der Waals surface area contributed by atoms with Gasteiger partial charge >= 0.3 is 0 Å². The number of halogens is 2. The summed E-state index contributed by atoms with van der Waals surface area (Å²) in [5, 5.41) is 16.2. The fourth-order valence-corrected chi connectivity index (χ4v) is 2.84. The highest BCUT2D eigenvalue weighted by Gasteiger charge is 2.14. The predicted octanol–water partition coefficient (Wildman–Crippen LogP) is 4.01. The van der Waals surface area contributed by atoms with Crippen LogP contribution in [0.4, 0.5) is 5.69 Å². The molecule has 1 aromatic carbocycles. The van der Waals surface area contributed by atoms with Crippen LogP contribution in [-0.2, 0) is 0 Å². The molecule has 0 bridgehead atoms. The number of benzene rings is 1. The number of aliphatic hydroxyl groups is 1. The maximum atomic E-state index is 9.44. The zero-order valence-electron chi connectivity index (χ0n) is 9.65. The van der Waals surface area contributed by atoms with Crippen molar-refractivity contribution in [2.75, 3.05) is 11.9 Å². The number of rotatable bonds is 4. The summed E-state index contributed by atoms with van der Waals surface area (Å²) < 4.78 is 0.821. The van der Waals surface area contributed by atoms with E-state index in [2.05, 4.69) is 26.2 Å². The van der Waals surface area contributed by atoms with Gasteiger partial charge in [-0.15, -0.1) is 11.3 Å². The summed E-state index contributed by atoms with van der Waals surface area (Å²) in [4.78, 5) is 4.38. The van der Waals surface area contributed by atoms with Crippen molar-refractivity contribution in [3.8, 4) is 0 Å². The first kappa shape index (κ1) is 13.8. The molecule has 6 heteroatoms. The third-order valence-corrected chi connectivity index (χ3v) is 4.67. The third-order valence-electron chi connectivity index (χ3n) is 2.38. The lowest BCUT2D eigenvalue weighted by molar-refractivity contribution is 0.276. The van der Waals surface area contributed by atoms with Crippen LogP contribution in [0.25, 0.3) is 0 Å². The smallest absolute Gasteiger partial charge is 0.118 e. The summed E-state index contributed by atoms with van der Waals surface area (Å²) in [5.41, 5.74) is 1.85. The number of hydrogen-bond acceptors (Lipinski definition) is 4. The first-order chi connectivity index (χ1) is 8.60. The molecule has 96 valence electrons. The maximum absolute atomic E-state index is 9.44. The second kappa shape index (κ2) is 6.02. The first-order valence-electron chi connectivity index (χ1n) is 5.34. The van der Waals surface area contributed by atoms with Crippen molar-refractivity contribution < 1.29 is 5.11 Å². The summed E-state index contributed by atoms with van der Waals surface area (Å²) >= 11 is 10.8. The Morgan fingerprint density at radius 1 is 1.56 bits per heavy atom. The molecule has 0 amide bonds. The van der Waals surface area contributed by atoms with Gasteiger partial charge < -0.3 is 10.4 Å². The van der Waals surface area contributed by atoms with Crippen molar-refractivity contribution in [2.24, 2.45) is 0 Å². The molecule has 0 saturated heterocycles. The van der Waals surface area contributed by atoms with Crippen LogP contribution >= 0.6 is 38.9 Å². The van der Waals surface area contributed by atoms with Gasteiger partial charge in [0.05, 0.1) is 11.6 Å². The van der Waals surface area contributed by atoms with Gasteiger partial charge in [0.1, 0.15) is 11.0 Å². The van der Waals surface area contributed by atoms with Gasteiger partial charge in [-0.2, -0.15) is 0 Å². The molecule has 0 aliphatic rings. The highest BCUT2D eigenvalue weighted by Crippen LogP contribution is 2.28. The molecular weight excluding hydrogens is 336 g/mol. The zero-order valence-corrected chi connectivity index (χ0v) is 12.8. The fraction of sp³-hybridized carbons (Fsp3) is 0.250. The largest absolute Gasteiger partial charge is 0.394 e. The molecule has 18 heavy (non-hydrogen) atoms. The molecule has 2 N–H and O–H groups in total. The molecule has 0 fully saturated rings. The van der Waals surface area contributed by atoms with Gasteiger partial charge in [-0.1, -0.05) is 11.6 Å². The Labute approximate surface area is 123 Å². The van der Waals surface area contributed by atoms with Gasteiger partial charge in [-0.05, 0) is 41.1 Å². The number of aliphatic hydroxyl groups excluding tert-OH is 1. The minimum Gasteiger partial charge on any atom is -0.394 e. The highest BCUT2D eigenvalue weighted by molar-refractivity contribution is 9.10. The van der Waals surface area contributed by atoms with Crippen LogP contribution in [0.3, 0.4) is 0 Å². The van der Waals surface area contributed by atoms with Crippen molar-refractivity contribution in [1.29, 1.82) is 0 Å². The standard InChI is InChI=1S/C12H12BrClN2OS/c1-7-6-18-12(15-7)11(5-17)16-8-2-3-10(14)9(13)4-8/h2-4,6,11,16-17H,5H2,1H3. The summed E-state index contributed by atoms with van der Waals surface area (Å²) in [7, 11) is 0. The van der Waals surface area contributed by atoms with Gasteiger partial charge in [0.25, 0.3) is 0 Å². The lowest BCUT2D eigenvalue weighted by Crippen LogP contribution is -2.14. The molecular formula is C12H12BrClN2OS. The maximum Gasteiger partial charge on any atom is 0.118 e. The van der Waals surface area contributed by atoms with E-state index in [-0.39, 0.29) is 12.6 Å². The van der Waals surface area contributed by atoms with Gasteiger partial charge in [0, 0.05) is 21.2 Å². The minimum atomic E-state index is -0.197. The van der Waals surface area contributed by atoms with Crippen LogP contribution in [0.2, 0.25) is 5.02 Å². The van der Waals surface area contributed by atoms with Crippen molar-refractivity contribution in [2.45, 2.75) is 13.0 Å². The average molecular weight is 348 g/mol. The monoisotopic (exact) mass is 346 g/mol. The zero-order chi connectivity index (χ0) is 13.1. The Hall–Kier alpha value is -0.620. The van der Waals surface area contributed by atoms with Crippen LogP contribution in [0.15, 0.2) is 28.1 Å². The van der Waals surface area contributed by atoms with Gasteiger partial charge in [-0.25, -0.2) is 4.98 Å². The molecule has 2 aromatic rings. The summed E-state index contributed by atoms with van der Waals surface area (Å²) in [5.74, 6) is 0. The lowest BCUT2D eigenvalue weighted by atomic mass is 10.2. The summed E-state index contributed by atoms with van der Waals surface area (Å²) in [6, 6.07) is 5.36. The van der Waals surface area contributed by atoms with Crippen molar-refractivity contribution in [1.82, 2.24) is 4.98 Å². The average Bonchev–Trinajstić information content (AvgIpc) is 2.77. The first-order valence-corrected chi connectivity index (χ1v) is 7.39. The Bertz CT molecular complexity index is 547. The van der Waals surface area contributed by atoms with Crippen molar-refractivity contribution in [3.05, 3.63) is 43.8 Å². The van der Waals surface area contributed by atoms with Crippen LogP contribution in [0.1, 0.15) is 16.7 Å². The van der Waals surface area contributed by atoms with Gasteiger partial charge in [0.2, 0.25) is 0 Å². The third kappa shape index (κ3) is 3.23. The van der Waals surface area contributed by atoms with Gasteiger partial charge in [0.15, 0.2) is 0 Å². The second-order valence-corrected chi connectivity index (χ2v) is 5.99. The van der Waals surface area contributed by atoms with E-state index < -0.39 is 0 Å². The van der Waals surface area contributed by atoms with E-state index in [1.54, 1.807) is 6.07 Å².